The molecule has 5 rings (SSSR count). The summed E-state index contributed by atoms with van der Waals surface area (Å²) >= 11 is 12.4. The van der Waals surface area contributed by atoms with E-state index in [-0.39, 0.29) is 17.4 Å². The van der Waals surface area contributed by atoms with Crippen LogP contribution in [0.15, 0.2) is 42.7 Å². The third-order valence-corrected chi connectivity index (χ3v) is 7.38. The number of benzene rings is 1. The van der Waals surface area contributed by atoms with Gasteiger partial charge in [0.15, 0.2) is 5.82 Å². The maximum atomic E-state index is 13.3. The zero-order valence-corrected chi connectivity index (χ0v) is 20.1. The molecule has 1 saturated heterocycles. The molecule has 170 valence electrons. The fraction of sp³-hybridized carbons (Fsp3) is 0.360. The van der Waals surface area contributed by atoms with Gasteiger partial charge in [0, 0.05) is 41.1 Å². The lowest BCUT2D eigenvalue weighted by molar-refractivity contribution is -0.131. The minimum Gasteiger partial charge on any atom is -0.363 e. The first kappa shape index (κ1) is 22.1. The number of carbonyl (C=O) groups is 1. The summed E-state index contributed by atoms with van der Waals surface area (Å²) < 4.78 is 0. The van der Waals surface area contributed by atoms with Gasteiger partial charge in [-0.3, -0.25) is 4.79 Å². The first-order valence-electron chi connectivity index (χ1n) is 11.1. The summed E-state index contributed by atoms with van der Waals surface area (Å²) in [4.78, 5) is 28.9. The van der Waals surface area contributed by atoms with E-state index in [1.165, 1.54) is 5.56 Å². The Bertz CT molecular complexity index is 1220. The second-order valence-corrected chi connectivity index (χ2v) is 9.85. The molecule has 4 heterocycles. The maximum Gasteiger partial charge on any atom is 0.229 e. The molecule has 6 nitrogen and oxygen atoms in total. The quantitative estimate of drug-likeness (QED) is 0.550. The van der Waals surface area contributed by atoms with Gasteiger partial charge in [-0.2, -0.15) is 0 Å². The van der Waals surface area contributed by atoms with Gasteiger partial charge in [0.1, 0.15) is 5.82 Å². The van der Waals surface area contributed by atoms with Crippen molar-refractivity contribution in [2.24, 2.45) is 0 Å². The predicted molar refractivity (Wildman–Crippen MR) is 131 cm³/mol. The Morgan fingerprint density at radius 1 is 1.18 bits per heavy atom. The molecule has 0 bridgehead atoms. The van der Waals surface area contributed by atoms with Gasteiger partial charge in [0.2, 0.25) is 5.91 Å². The van der Waals surface area contributed by atoms with Gasteiger partial charge in [-0.1, -0.05) is 29.3 Å². The Morgan fingerprint density at radius 3 is 2.73 bits per heavy atom. The maximum absolute atomic E-state index is 13.3. The zero-order chi connectivity index (χ0) is 23.2. The molecule has 2 aromatic heterocycles. The summed E-state index contributed by atoms with van der Waals surface area (Å²) in [5.74, 6) is 1.36. The van der Waals surface area contributed by atoms with Crippen LogP contribution in [0.1, 0.15) is 42.5 Å². The Hall–Kier alpha value is -2.70. The summed E-state index contributed by atoms with van der Waals surface area (Å²) in [5, 5.41) is 4.78. The molecule has 1 amide bonds. The highest BCUT2D eigenvalue weighted by molar-refractivity contribution is 6.35. The predicted octanol–water partition coefficient (Wildman–Crippen LogP) is 5.29. The van der Waals surface area contributed by atoms with Crippen molar-refractivity contribution in [3.05, 3.63) is 69.6 Å². The summed E-state index contributed by atoms with van der Waals surface area (Å²) in [6.45, 7) is 5.26. The minimum atomic E-state index is -0.324. The van der Waals surface area contributed by atoms with Crippen molar-refractivity contribution >= 4 is 34.9 Å². The molecular weight excluding hydrogens is 457 g/mol. The molecule has 33 heavy (non-hydrogen) atoms. The molecule has 2 aliphatic heterocycles. The molecule has 1 N–H and O–H groups in total. The van der Waals surface area contributed by atoms with E-state index in [1.807, 2.05) is 30.9 Å². The number of anilines is 1. The lowest BCUT2D eigenvalue weighted by atomic mass is 9.86. The van der Waals surface area contributed by atoms with Gasteiger partial charge in [0.05, 0.1) is 17.2 Å². The first-order valence-corrected chi connectivity index (χ1v) is 11.9. The molecule has 0 aliphatic carbocycles. The lowest BCUT2D eigenvalue weighted by Gasteiger charge is -2.36. The normalized spacial score (nSPS) is 20.4. The van der Waals surface area contributed by atoms with Crippen molar-refractivity contribution in [2.75, 3.05) is 18.4 Å². The van der Waals surface area contributed by atoms with Crippen molar-refractivity contribution in [1.82, 2.24) is 19.9 Å². The summed E-state index contributed by atoms with van der Waals surface area (Å²) in [7, 11) is 0. The number of aromatic nitrogens is 3. The number of likely N-dealkylation sites (tertiary alicyclic amines) is 1. The fourth-order valence-corrected chi connectivity index (χ4v) is 5.50. The molecule has 8 heteroatoms. The van der Waals surface area contributed by atoms with Crippen molar-refractivity contribution in [2.45, 2.75) is 44.6 Å². The lowest BCUT2D eigenvalue weighted by Crippen LogP contribution is -2.46. The highest BCUT2D eigenvalue weighted by Crippen LogP contribution is 2.39. The first-order chi connectivity index (χ1) is 15.8. The van der Waals surface area contributed by atoms with Crippen LogP contribution < -0.4 is 5.32 Å². The Labute approximate surface area is 203 Å². The molecule has 0 unspecified atom stereocenters. The van der Waals surface area contributed by atoms with Gasteiger partial charge >= 0.3 is 0 Å². The summed E-state index contributed by atoms with van der Waals surface area (Å²) in [6, 6.07) is 9.27. The Balaban J connectivity index is 1.33. The van der Waals surface area contributed by atoms with Crippen LogP contribution >= 0.6 is 23.2 Å². The Morgan fingerprint density at radius 2 is 1.97 bits per heavy atom. The van der Waals surface area contributed by atoms with Gasteiger partial charge in [-0.15, -0.1) is 0 Å². The van der Waals surface area contributed by atoms with Gasteiger partial charge in [0.25, 0.3) is 0 Å². The number of hydrogen-bond acceptors (Lipinski definition) is 5. The van der Waals surface area contributed by atoms with E-state index < -0.39 is 0 Å². The molecule has 2 atom stereocenters. The summed E-state index contributed by atoms with van der Waals surface area (Å²) in [6.07, 6.45) is 6.23. The van der Waals surface area contributed by atoms with Crippen LogP contribution in [0.3, 0.4) is 0 Å². The van der Waals surface area contributed by atoms with Crippen LogP contribution in [0.4, 0.5) is 5.82 Å². The minimum absolute atomic E-state index is 0.0874. The molecular formula is C25H25Cl2N5O. The molecule has 3 aromatic rings. The Kier molecular flexibility index (Phi) is 5.75. The number of carbonyl (C=O) groups excluding carboxylic acids is 1. The number of rotatable bonds is 3. The third kappa shape index (κ3) is 4.18. The van der Waals surface area contributed by atoms with Crippen molar-refractivity contribution < 1.29 is 4.79 Å². The van der Waals surface area contributed by atoms with E-state index in [0.717, 1.165) is 41.9 Å². The standard InChI is InChI=1S/C25H25Cl2N5O/c1-15(19-5-4-18(26)13-21(19)27)24(33)32-11-8-25(14-32)7-6-17-12-20(16(2)30-22(17)31-25)23-28-9-3-10-29-23/h3-5,9-10,12-13,15H,6-8,11,14H2,1-2H3,(H,30,31)/t15-,25+/m1/s1. The third-order valence-electron chi connectivity index (χ3n) is 6.82. The van der Waals surface area contributed by atoms with E-state index in [4.69, 9.17) is 28.2 Å². The van der Waals surface area contributed by atoms with Gasteiger partial charge in [-0.05, 0) is 68.5 Å². The monoisotopic (exact) mass is 481 g/mol. The number of nitrogens with one attached hydrogen (secondary N) is 1. The molecule has 2 aliphatic rings. The van der Waals surface area contributed by atoms with E-state index in [0.29, 0.717) is 29.0 Å². The average molecular weight is 482 g/mol. The van der Waals surface area contributed by atoms with Crippen LogP contribution in [-0.2, 0) is 11.2 Å². The number of fused-ring (bicyclic) bond motifs is 1. The largest absolute Gasteiger partial charge is 0.363 e. The highest BCUT2D eigenvalue weighted by atomic mass is 35.5. The second kappa shape index (κ2) is 8.58. The van der Waals surface area contributed by atoms with Crippen LogP contribution in [0.2, 0.25) is 10.0 Å². The SMILES string of the molecule is Cc1nc2c(cc1-c1ncccn1)CC[C@@]1(CCN(C(=O)[C@H](C)c3ccc(Cl)cc3Cl)C1)N2. The molecule has 0 radical (unpaired) electrons. The second-order valence-electron chi connectivity index (χ2n) is 9.00. The summed E-state index contributed by atoms with van der Waals surface area (Å²) in [5.41, 5.74) is 3.67. The molecule has 1 aromatic carbocycles. The van der Waals surface area contributed by atoms with Crippen molar-refractivity contribution in [3.63, 3.8) is 0 Å². The smallest absolute Gasteiger partial charge is 0.229 e. The fourth-order valence-electron chi connectivity index (χ4n) is 4.92. The van der Waals surface area contributed by atoms with E-state index in [9.17, 15) is 4.79 Å². The highest BCUT2D eigenvalue weighted by Gasteiger charge is 2.43. The van der Waals surface area contributed by atoms with Crippen molar-refractivity contribution in [1.29, 1.82) is 0 Å². The zero-order valence-electron chi connectivity index (χ0n) is 18.6. The molecule has 0 saturated carbocycles. The molecule has 1 spiro atoms. The van der Waals surface area contributed by atoms with Gasteiger partial charge < -0.3 is 10.2 Å². The topological polar surface area (TPSA) is 71.0 Å². The van der Waals surface area contributed by atoms with E-state index >= 15 is 0 Å². The van der Waals surface area contributed by atoms with Crippen LogP contribution in [0, 0.1) is 6.92 Å². The van der Waals surface area contributed by atoms with E-state index in [1.54, 1.807) is 24.5 Å². The number of hydrogen-bond donors (Lipinski definition) is 1. The number of amides is 1. The van der Waals surface area contributed by atoms with E-state index in [2.05, 4.69) is 21.4 Å². The van der Waals surface area contributed by atoms with Crippen LogP contribution in [0.5, 0.6) is 0 Å². The number of nitrogens with zero attached hydrogens (tertiary/aromatic N) is 4. The number of aryl methyl sites for hydroxylation is 2. The molecule has 1 fully saturated rings. The van der Waals surface area contributed by atoms with Crippen LogP contribution in [-0.4, -0.2) is 44.4 Å². The van der Waals surface area contributed by atoms with Gasteiger partial charge in [-0.25, -0.2) is 15.0 Å². The van der Waals surface area contributed by atoms with Crippen LogP contribution in [0.25, 0.3) is 11.4 Å². The number of pyridine rings is 1. The average Bonchev–Trinajstić information content (AvgIpc) is 3.21. The number of halogens is 2. The van der Waals surface area contributed by atoms with Crippen molar-refractivity contribution in [3.8, 4) is 11.4 Å².